The van der Waals surface area contributed by atoms with Crippen LogP contribution in [0.5, 0.6) is 0 Å². The summed E-state index contributed by atoms with van der Waals surface area (Å²) < 4.78 is 1.90. The first-order valence-corrected chi connectivity index (χ1v) is 7.21. The zero-order chi connectivity index (χ0) is 12.8. The smallest absolute Gasteiger partial charge is 0.165 e. The van der Waals surface area contributed by atoms with E-state index in [-0.39, 0.29) is 0 Å². The molecule has 0 saturated carbocycles. The van der Waals surface area contributed by atoms with Crippen molar-refractivity contribution >= 4 is 11.3 Å². The van der Waals surface area contributed by atoms with Crippen LogP contribution in [-0.4, -0.2) is 31.7 Å². The Morgan fingerprint density at radius 3 is 2.89 bits per heavy atom. The Morgan fingerprint density at radius 1 is 1.33 bits per heavy atom. The molecule has 0 N–H and O–H groups in total. The van der Waals surface area contributed by atoms with Gasteiger partial charge >= 0.3 is 0 Å². The van der Waals surface area contributed by atoms with Gasteiger partial charge in [0.1, 0.15) is 0 Å². The highest BCUT2D eigenvalue weighted by Gasteiger charge is 2.11. The highest BCUT2D eigenvalue weighted by atomic mass is 32.1. The Balaban J connectivity index is 1.99. The zero-order valence-corrected chi connectivity index (χ0v) is 11.7. The van der Waals surface area contributed by atoms with Gasteiger partial charge in [-0.05, 0) is 34.8 Å². The van der Waals surface area contributed by atoms with E-state index in [0.717, 1.165) is 38.4 Å². The average molecular weight is 265 g/mol. The van der Waals surface area contributed by atoms with E-state index in [9.17, 15) is 0 Å². The first kappa shape index (κ1) is 13.2. The van der Waals surface area contributed by atoms with Crippen molar-refractivity contribution < 1.29 is 0 Å². The second kappa shape index (κ2) is 6.61. The lowest BCUT2D eigenvalue weighted by molar-refractivity contribution is 0.260. The second-order valence-electron chi connectivity index (χ2n) is 4.20. The quantitative estimate of drug-likeness (QED) is 0.769. The first-order chi connectivity index (χ1) is 8.83. The van der Waals surface area contributed by atoms with E-state index in [1.807, 2.05) is 4.68 Å². The Morgan fingerprint density at radius 2 is 2.22 bits per heavy atom. The number of aromatic nitrogens is 4. The van der Waals surface area contributed by atoms with Crippen LogP contribution in [0.3, 0.4) is 0 Å². The number of aryl methyl sites for hydroxylation is 1. The zero-order valence-electron chi connectivity index (χ0n) is 10.9. The standard InChI is InChI=1S/C12H19N5S/c1-3-7-17-12(13-14-15-17)10-16(4-2)9-11-6-5-8-18-11/h5-6,8H,3-4,7,9-10H2,1-2H3. The summed E-state index contributed by atoms with van der Waals surface area (Å²) >= 11 is 1.79. The van der Waals surface area contributed by atoms with Crippen molar-refractivity contribution in [1.82, 2.24) is 25.1 Å². The monoisotopic (exact) mass is 265 g/mol. The normalized spacial score (nSPS) is 11.3. The number of hydrogen-bond acceptors (Lipinski definition) is 5. The molecule has 5 nitrogen and oxygen atoms in total. The molecule has 0 saturated heterocycles. The predicted molar refractivity (Wildman–Crippen MR) is 72.2 cm³/mol. The van der Waals surface area contributed by atoms with E-state index < -0.39 is 0 Å². The first-order valence-electron chi connectivity index (χ1n) is 6.33. The van der Waals surface area contributed by atoms with E-state index in [4.69, 9.17) is 0 Å². The van der Waals surface area contributed by atoms with Crippen molar-refractivity contribution in [3.63, 3.8) is 0 Å². The molecule has 0 unspecified atom stereocenters. The molecule has 0 aliphatic carbocycles. The molecule has 0 amide bonds. The highest BCUT2D eigenvalue weighted by molar-refractivity contribution is 7.09. The molecule has 0 bridgehead atoms. The predicted octanol–water partition coefficient (Wildman–Crippen LogP) is 2.17. The fraction of sp³-hybridized carbons (Fsp3) is 0.583. The minimum Gasteiger partial charge on any atom is -0.291 e. The van der Waals surface area contributed by atoms with Gasteiger partial charge in [-0.15, -0.1) is 16.4 Å². The van der Waals surface area contributed by atoms with E-state index in [1.165, 1.54) is 4.88 Å². The Labute approximate surface area is 111 Å². The van der Waals surface area contributed by atoms with Crippen LogP contribution in [-0.2, 0) is 19.6 Å². The molecule has 0 radical (unpaired) electrons. The van der Waals surface area contributed by atoms with E-state index in [0.29, 0.717) is 0 Å². The lowest BCUT2D eigenvalue weighted by Crippen LogP contribution is -2.24. The molecular formula is C12H19N5S. The van der Waals surface area contributed by atoms with Gasteiger partial charge in [0.15, 0.2) is 5.82 Å². The fourth-order valence-electron chi connectivity index (χ4n) is 1.82. The van der Waals surface area contributed by atoms with Crippen LogP contribution in [0.25, 0.3) is 0 Å². The van der Waals surface area contributed by atoms with Crippen LogP contribution in [0.1, 0.15) is 31.0 Å². The van der Waals surface area contributed by atoms with Crippen LogP contribution in [0, 0.1) is 0 Å². The molecule has 0 fully saturated rings. The molecule has 0 aliphatic rings. The van der Waals surface area contributed by atoms with Crippen LogP contribution in [0.4, 0.5) is 0 Å². The van der Waals surface area contributed by atoms with Crippen molar-refractivity contribution in [2.75, 3.05) is 6.54 Å². The molecule has 2 rings (SSSR count). The maximum absolute atomic E-state index is 4.12. The van der Waals surface area contributed by atoms with Gasteiger partial charge in [0.2, 0.25) is 0 Å². The average Bonchev–Trinajstić information content (AvgIpc) is 3.01. The summed E-state index contributed by atoms with van der Waals surface area (Å²) in [6.07, 6.45) is 1.05. The van der Waals surface area contributed by atoms with Crippen molar-refractivity contribution in [2.45, 2.75) is 39.9 Å². The van der Waals surface area contributed by atoms with Crippen molar-refractivity contribution in [3.8, 4) is 0 Å². The lowest BCUT2D eigenvalue weighted by atomic mass is 10.4. The van der Waals surface area contributed by atoms with Crippen LogP contribution in [0.15, 0.2) is 17.5 Å². The maximum atomic E-state index is 4.12. The highest BCUT2D eigenvalue weighted by Crippen LogP contribution is 2.13. The van der Waals surface area contributed by atoms with Crippen LogP contribution < -0.4 is 0 Å². The van der Waals surface area contributed by atoms with Gasteiger partial charge in [0.25, 0.3) is 0 Å². The molecule has 0 atom stereocenters. The molecule has 2 aromatic heterocycles. The van der Waals surface area contributed by atoms with Crippen molar-refractivity contribution in [1.29, 1.82) is 0 Å². The number of rotatable bonds is 7. The number of thiophene rings is 1. The summed E-state index contributed by atoms with van der Waals surface area (Å²) in [5, 5.41) is 14.0. The Kier molecular flexibility index (Phi) is 4.83. The van der Waals surface area contributed by atoms with Gasteiger partial charge in [0, 0.05) is 18.0 Å². The number of hydrogen-bond donors (Lipinski definition) is 0. The van der Waals surface area contributed by atoms with Crippen LogP contribution >= 0.6 is 11.3 Å². The summed E-state index contributed by atoms with van der Waals surface area (Å²) in [6, 6.07) is 4.26. The third kappa shape index (κ3) is 3.36. The minimum absolute atomic E-state index is 0.807. The third-order valence-electron chi connectivity index (χ3n) is 2.81. The summed E-state index contributed by atoms with van der Waals surface area (Å²) in [5.74, 6) is 0.954. The number of tetrazole rings is 1. The van der Waals surface area contributed by atoms with Gasteiger partial charge < -0.3 is 0 Å². The molecular weight excluding hydrogens is 246 g/mol. The molecule has 0 spiro atoms. The fourth-order valence-corrected chi connectivity index (χ4v) is 2.57. The molecule has 2 aromatic rings. The Bertz CT molecular complexity index is 451. The van der Waals surface area contributed by atoms with Gasteiger partial charge in [-0.3, -0.25) is 4.90 Å². The number of nitrogens with zero attached hydrogens (tertiary/aromatic N) is 5. The van der Waals surface area contributed by atoms with Crippen molar-refractivity contribution in [2.24, 2.45) is 0 Å². The largest absolute Gasteiger partial charge is 0.291 e. The summed E-state index contributed by atoms with van der Waals surface area (Å²) in [6.45, 7) is 7.96. The molecule has 18 heavy (non-hydrogen) atoms. The van der Waals surface area contributed by atoms with Crippen LogP contribution in [0.2, 0.25) is 0 Å². The second-order valence-corrected chi connectivity index (χ2v) is 5.23. The van der Waals surface area contributed by atoms with E-state index in [1.54, 1.807) is 11.3 Å². The summed E-state index contributed by atoms with van der Waals surface area (Å²) in [5.41, 5.74) is 0. The third-order valence-corrected chi connectivity index (χ3v) is 3.67. The summed E-state index contributed by atoms with van der Waals surface area (Å²) in [4.78, 5) is 3.73. The minimum atomic E-state index is 0.807. The molecule has 0 aliphatic heterocycles. The molecule has 6 heteroatoms. The van der Waals surface area contributed by atoms with Crippen molar-refractivity contribution in [3.05, 3.63) is 28.2 Å². The molecule has 2 heterocycles. The van der Waals surface area contributed by atoms with Gasteiger partial charge in [-0.2, -0.15) is 0 Å². The molecule has 0 aromatic carbocycles. The topological polar surface area (TPSA) is 46.8 Å². The van der Waals surface area contributed by atoms with Gasteiger partial charge in [-0.1, -0.05) is 19.9 Å². The molecule has 98 valence electrons. The van der Waals surface area contributed by atoms with E-state index in [2.05, 4.69) is 51.8 Å². The van der Waals surface area contributed by atoms with E-state index >= 15 is 0 Å². The SMILES string of the molecule is CCCn1nnnc1CN(CC)Cc1cccs1. The Hall–Kier alpha value is -1.27. The van der Waals surface area contributed by atoms with Gasteiger partial charge in [-0.25, -0.2) is 4.68 Å². The maximum Gasteiger partial charge on any atom is 0.165 e. The lowest BCUT2D eigenvalue weighted by Gasteiger charge is -2.18. The summed E-state index contributed by atoms with van der Waals surface area (Å²) in [7, 11) is 0. The van der Waals surface area contributed by atoms with Gasteiger partial charge in [0.05, 0.1) is 6.54 Å².